The molecule has 0 saturated carbocycles. The molecule has 11 heavy (non-hydrogen) atoms. The molecule has 0 fully saturated rings. The summed E-state index contributed by atoms with van der Waals surface area (Å²) in [6.07, 6.45) is 1.00. The molecule has 3 heteroatoms. The van der Waals surface area contributed by atoms with Gasteiger partial charge in [0.2, 0.25) is 0 Å². The predicted molar refractivity (Wildman–Crippen MR) is 54.3 cm³/mol. The Morgan fingerprint density at radius 3 is 2.73 bits per heavy atom. The monoisotopic (exact) mass is 232 g/mol. The number of alkyl halides is 1. The van der Waals surface area contributed by atoms with E-state index in [0.29, 0.717) is 0 Å². The van der Waals surface area contributed by atoms with E-state index in [0.717, 1.165) is 17.5 Å². The van der Waals surface area contributed by atoms with Crippen LogP contribution >= 0.6 is 25.4 Å². The second-order valence-corrected chi connectivity index (χ2v) is 3.19. The van der Waals surface area contributed by atoms with Crippen LogP contribution < -0.4 is 4.52 Å². The Morgan fingerprint density at radius 1 is 1.36 bits per heavy atom. The summed E-state index contributed by atoms with van der Waals surface area (Å²) in [7, 11) is 2.26. The SMILES string of the molecule is POc1ccccc1CCBr. The second-order valence-electron chi connectivity index (χ2n) is 2.16. The van der Waals surface area contributed by atoms with E-state index in [1.54, 1.807) is 0 Å². The summed E-state index contributed by atoms with van der Waals surface area (Å²) >= 11 is 3.39. The lowest BCUT2D eigenvalue weighted by molar-refractivity contribution is 0.636. The molecule has 0 spiro atoms. The topological polar surface area (TPSA) is 9.23 Å². The maximum atomic E-state index is 5.09. The van der Waals surface area contributed by atoms with Gasteiger partial charge in [-0.05, 0) is 18.1 Å². The zero-order valence-corrected chi connectivity index (χ0v) is 8.83. The molecule has 0 aromatic heterocycles. The fourth-order valence-electron chi connectivity index (χ4n) is 0.927. The molecule has 1 unspecified atom stereocenters. The van der Waals surface area contributed by atoms with E-state index in [1.807, 2.05) is 18.2 Å². The number of para-hydroxylation sites is 1. The van der Waals surface area contributed by atoms with Crippen molar-refractivity contribution in [2.24, 2.45) is 0 Å². The lowest BCUT2D eigenvalue weighted by Crippen LogP contribution is -1.88. The maximum Gasteiger partial charge on any atom is 0.125 e. The van der Waals surface area contributed by atoms with Gasteiger partial charge in [-0.25, -0.2) is 0 Å². The summed E-state index contributed by atoms with van der Waals surface area (Å²) in [5.74, 6) is 0.942. The Kier molecular flexibility index (Phi) is 3.88. The van der Waals surface area contributed by atoms with Gasteiger partial charge in [-0.3, -0.25) is 0 Å². The molecule has 0 bridgehead atoms. The summed E-state index contributed by atoms with van der Waals surface area (Å²) in [6, 6.07) is 8.02. The lowest BCUT2D eigenvalue weighted by atomic mass is 10.1. The Hall–Kier alpha value is -0.0700. The van der Waals surface area contributed by atoms with Crippen molar-refractivity contribution >= 4 is 25.4 Å². The van der Waals surface area contributed by atoms with Gasteiger partial charge in [0, 0.05) is 5.33 Å². The number of hydrogen-bond donors (Lipinski definition) is 0. The standard InChI is InChI=1S/C8H10BrOP/c9-6-5-7-3-1-2-4-8(7)10-11/h1-4H,5-6,11H2. The zero-order chi connectivity index (χ0) is 8.10. The van der Waals surface area contributed by atoms with Crippen molar-refractivity contribution in [1.82, 2.24) is 0 Å². The third-order valence-electron chi connectivity index (χ3n) is 1.46. The van der Waals surface area contributed by atoms with E-state index in [9.17, 15) is 0 Å². The van der Waals surface area contributed by atoms with Crippen molar-refractivity contribution in [1.29, 1.82) is 0 Å². The molecule has 0 aliphatic heterocycles. The second kappa shape index (κ2) is 4.74. The van der Waals surface area contributed by atoms with Gasteiger partial charge in [-0.15, -0.1) is 0 Å². The van der Waals surface area contributed by atoms with Crippen LogP contribution in [0.4, 0.5) is 0 Å². The van der Waals surface area contributed by atoms with Gasteiger partial charge in [0.15, 0.2) is 0 Å². The van der Waals surface area contributed by atoms with Crippen LogP contribution in [0.25, 0.3) is 0 Å². The van der Waals surface area contributed by atoms with Crippen LogP contribution in [-0.4, -0.2) is 5.33 Å². The minimum absolute atomic E-state index is 0.942. The molecule has 1 aromatic carbocycles. The number of benzene rings is 1. The molecule has 0 saturated heterocycles. The molecule has 0 heterocycles. The molecule has 1 aromatic rings. The van der Waals surface area contributed by atoms with E-state index >= 15 is 0 Å². The van der Waals surface area contributed by atoms with Crippen LogP contribution in [0.15, 0.2) is 24.3 Å². The third kappa shape index (κ3) is 2.46. The molecule has 0 amide bonds. The Labute approximate surface area is 77.6 Å². The average Bonchev–Trinajstić information content (AvgIpc) is 2.06. The molecule has 1 nitrogen and oxygen atoms in total. The highest BCUT2D eigenvalue weighted by atomic mass is 79.9. The molecule has 60 valence electrons. The zero-order valence-electron chi connectivity index (χ0n) is 6.09. The Balaban J connectivity index is 2.83. The highest BCUT2D eigenvalue weighted by Gasteiger charge is 1.98. The highest BCUT2D eigenvalue weighted by Crippen LogP contribution is 2.20. The first-order valence-electron chi connectivity index (χ1n) is 3.39. The smallest absolute Gasteiger partial charge is 0.125 e. The first-order valence-corrected chi connectivity index (χ1v) is 4.98. The van der Waals surface area contributed by atoms with E-state index in [-0.39, 0.29) is 0 Å². The van der Waals surface area contributed by atoms with E-state index in [4.69, 9.17) is 4.52 Å². The first kappa shape index (κ1) is 9.02. The van der Waals surface area contributed by atoms with Crippen LogP contribution in [-0.2, 0) is 6.42 Å². The van der Waals surface area contributed by atoms with Crippen molar-refractivity contribution < 1.29 is 4.52 Å². The summed E-state index contributed by atoms with van der Waals surface area (Å²) in [5.41, 5.74) is 1.24. The number of aryl methyl sites for hydroxylation is 1. The van der Waals surface area contributed by atoms with Gasteiger partial charge in [0.25, 0.3) is 0 Å². The molecule has 0 radical (unpaired) electrons. The first-order chi connectivity index (χ1) is 5.38. The quantitative estimate of drug-likeness (QED) is 0.576. The van der Waals surface area contributed by atoms with Gasteiger partial charge in [-0.2, -0.15) is 0 Å². The average molecular weight is 233 g/mol. The predicted octanol–water partition coefficient (Wildman–Crippen LogP) is 2.79. The summed E-state index contributed by atoms with van der Waals surface area (Å²) in [6.45, 7) is 0. The van der Waals surface area contributed by atoms with Crippen LogP contribution in [0, 0.1) is 0 Å². The molecule has 1 rings (SSSR count). The fourth-order valence-corrected chi connectivity index (χ4v) is 1.58. The van der Waals surface area contributed by atoms with Gasteiger partial charge in [-0.1, -0.05) is 34.1 Å². The lowest BCUT2D eigenvalue weighted by Gasteiger charge is -2.04. The minimum Gasteiger partial charge on any atom is -0.480 e. The van der Waals surface area contributed by atoms with Gasteiger partial charge in [0.1, 0.15) is 5.75 Å². The Morgan fingerprint density at radius 2 is 2.09 bits per heavy atom. The van der Waals surface area contributed by atoms with Crippen LogP contribution in [0.2, 0.25) is 0 Å². The normalized spacial score (nSPS) is 9.64. The van der Waals surface area contributed by atoms with Crippen molar-refractivity contribution in [3.05, 3.63) is 29.8 Å². The number of halogens is 1. The van der Waals surface area contributed by atoms with E-state index in [2.05, 4.69) is 31.5 Å². The number of rotatable bonds is 3. The van der Waals surface area contributed by atoms with Crippen LogP contribution in [0.3, 0.4) is 0 Å². The molecule has 0 aliphatic carbocycles. The van der Waals surface area contributed by atoms with Gasteiger partial charge < -0.3 is 4.52 Å². The highest BCUT2D eigenvalue weighted by molar-refractivity contribution is 9.09. The van der Waals surface area contributed by atoms with Crippen molar-refractivity contribution in [3.63, 3.8) is 0 Å². The van der Waals surface area contributed by atoms with Crippen molar-refractivity contribution in [2.75, 3.05) is 5.33 Å². The largest absolute Gasteiger partial charge is 0.480 e. The van der Waals surface area contributed by atoms with E-state index in [1.165, 1.54) is 5.56 Å². The minimum atomic E-state index is 0.942. The van der Waals surface area contributed by atoms with Crippen LogP contribution in [0.5, 0.6) is 5.75 Å². The Bertz CT molecular complexity index is 227. The van der Waals surface area contributed by atoms with E-state index < -0.39 is 0 Å². The van der Waals surface area contributed by atoms with Crippen LogP contribution in [0.1, 0.15) is 5.56 Å². The summed E-state index contributed by atoms with van der Waals surface area (Å²) in [4.78, 5) is 0. The fraction of sp³-hybridized carbons (Fsp3) is 0.250. The molecular formula is C8H10BrOP. The third-order valence-corrected chi connectivity index (χ3v) is 2.11. The molecule has 0 N–H and O–H groups in total. The molecule has 0 aliphatic rings. The van der Waals surface area contributed by atoms with Crippen molar-refractivity contribution in [3.8, 4) is 5.75 Å². The van der Waals surface area contributed by atoms with Crippen molar-refractivity contribution in [2.45, 2.75) is 6.42 Å². The summed E-state index contributed by atoms with van der Waals surface area (Å²) < 4.78 is 5.09. The summed E-state index contributed by atoms with van der Waals surface area (Å²) in [5, 5.41) is 0.970. The maximum absolute atomic E-state index is 5.09. The van der Waals surface area contributed by atoms with Gasteiger partial charge >= 0.3 is 0 Å². The molecular weight excluding hydrogens is 223 g/mol. The number of hydrogen-bond acceptors (Lipinski definition) is 1. The van der Waals surface area contributed by atoms with Gasteiger partial charge in [0.05, 0.1) is 9.47 Å². The molecule has 1 atom stereocenters.